The van der Waals surface area contributed by atoms with E-state index < -0.39 is 0 Å². The van der Waals surface area contributed by atoms with Gasteiger partial charge in [0.05, 0.1) is 0 Å². The summed E-state index contributed by atoms with van der Waals surface area (Å²) < 4.78 is 0. The molecule has 0 aromatic carbocycles. The Morgan fingerprint density at radius 2 is 2.18 bits per heavy atom. The second kappa shape index (κ2) is 3.21. The van der Waals surface area contributed by atoms with Crippen LogP contribution in [0.5, 0.6) is 0 Å². The van der Waals surface area contributed by atoms with Crippen molar-refractivity contribution in [2.45, 2.75) is 33.6 Å². The molecule has 1 aliphatic carbocycles. The van der Waals surface area contributed by atoms with E-state index in [1.807, 2.05) is 6.92 Å². The first-order valence-electron chi connectivity index (χ1n) is 4.39. The molecule has 1 nitrogen and oxygen atoms in total. The van der Waals surface area contributed by atoms with Gasteiger partial charge in [-0.25, -0.2) is 0 Å². The molecule has 0 heterocycles. The molecule has 62 valence electrons. The van der Waals surface area contributed by atoms with Crippen molar-refractivity contribution in [2.75, 3.05) is 0 Å². The summed E-state index contributed by atoms with van der Waals surface area (Å²) >= 11 is 0. The van der Waals surface area contributed by atoms with Crippen LogP contribution >= 0.6 is 0 Å². The predicted molar refractivity (Wildman–Crippen MR) is 46.3 cm³/mol. The van der Waals surface area contributed by atoms with Crippen molar-refractivity contribution in [1.82, 2.24) is 0 Å². The molecule has 0 N–H and O–H groups in total. The van der Waals surface area contributed by atoms with Crippen molar-refractivity contribution in [3.63, 3.8) is 0 Å². The molecular formula is C10H16O. The molecule has 2 unspecified atom stereocenters. The Balaban J connectivity index is 2.79. The van der Waals surface area contributed by atoms with Gasteiger partial charge in [0.1, 0.15) is 5.78 Å². The average Bonchev–Trinajstić information content (AvgIpc) is 2.17. The number of ketones is 1. The zero-order valence-electron chi connectivity index (χ0n) is 7.55. The summed E-state index contributed by atoms with van der Waals surface area (Å²) in [6, 6.07) is 0. The van der Waals surface area contributed by atoms with Crippen LogP contribution in [0.4, 0.5) is 0 Å². The molecule has 1 saturated carbocycles. The van der Waals surface area contributed by atoms with Gasteiger partial charge in [-0.05, 0) is 12.3 Å². The number of rotatable bonds is 1. The molecule has 0 aliphatic heterocycles. The van der Waals surface area contributed by atoms with Crippen molar-refractivity contribution in [1.29, 1.82) is 0 Å². The minimum Gasteiger partial charge on any atom is -0.299 e. The van der Waals surface area contributed by atoms with Crippen LogP contribution in [-0.2, 0) is 4.79 Å². The molecule has 1 heteroatoms. The predicted octanol–water partition coefficient (Wildman–Crippen LogP) is 2.57. The van der Waals surface area contributed by atoms with E-state index in [1.54, 1.807) is 0 Å². The Morgan fingerprint density at radius 1 is 1.55 bits per heavy atom. The van der Waals surface area contributed by atoms with E-state index in [-0.39, 0.29) is 5.92 Å². The van der Waals surface area contributed by atoms with E-state index in [0.29, 0.717) is 11.7 Å². The highest BCUT2D eigenvalue weighted by molar-refractivity contribution is 5.87. The molecule has 1 rings (SSSR count). The molecule has 11 heavy (non-hydrogen) atoms. The van der Waals surface area contributed by atoms with Gasteiger partial charge in [0.15, 0.2) is 0 Å². The second-order valence-electron chi connectivity index (χ2n) is 3.41. The van der Waals surface area contributed by atoms with Crippen molar-refractivity contribution in [2.24, 2.45) is 11.8 Å². The van der Waals surface area contributed by atoms with Gasteiger partial charge in [-0.2, -0.15) is 0 Å². The molecule has 1 fully saturated rings. The molecule has 0 radical (unpaired) electrons. The van der Waals surface area contributed by atoms with Gasteiger partial charge < -0.3 is 0 Å². The number of hydrogen-bond acceptors (Lipinski definition) is 1. The zero-order valence-corrected chi connectivity index (χ0v) is 7.55. The minimum absolute atomic E-state index is 0.199. The third-order valence-corrected chi connectivity index (χ3v) is 2.50. The van der Waals surface area contributed by atoms with Gasteiger partial charge in [0.2, 0.25) is 0 Å². The molecule has 1 aliphatic rings. The lowest BCUT2D eigenvalue weighted by atomic mass is 9.98. The van der Waals surface area contributed by atoms with Crippen LogP contribution in [0.2, 0.25) is 0 Å². The molecule has 0 aromatic heterocycles. The highest BCUT2D eigenvalue weighted by Gasteiger charge is 2.30. The quantitative estimate of drug-likeness (QED) is 0.528. The standard InChI is InChI=1S/C10H16O/c1-4-5-9-7(2)6-10(11)8(9)3/h5,7-8H,4,6H2,1-3H3. The van der Waals surface area contributed by atoms with E-state index in [0.717, 1.165) is 12.8 Å². The van der Waals surface area contributed by atoms with Crippen molar-refractivity contribution in [3.8, 4) is 0 Å². The third kappa shape index (κ3) is 1.52. The Kier molecular flexibility index (Phi) is 2.48. The third-order valence-electron chi connectivity index (χ3n) is 2.50. The van der Waals surface area contributed by atoms with Gasteiger partial charge in [0.25, 0.3) is 0 Å². The van der Waals surface area contributed by atoms with E-state index in [4.69, 9.17) is 0 Å². The van der Waals surface area contributed by atoms with Crippen LogP contribution in [0.25, 0.3) is 0 Å². The fourth-order valence-electron chi connectivity index (χ4n) is 1.82. The SMILES string of the molecule is CCC=C1C(C)CC(=O)C1C. The Hall–Kier alpha value is -0.590. The first kappa shape index (κ1) is 8.51. The minimum atomic E-state index is 0.199. The van der Waals surface area contributed by atoms with Crippen LogP contribution in [0.1, 0.15) is 33.6 Å². The molecule has 0 bridgehead atoms. The van der Waals surface area contributed by atoms with E-state index in [1.165, 1.54) is 5.57 Å². The van der Waals surface area contributed by atoms with E-state index >= 15 is 0 Å². The first-order chi connectivity index (χ1) is 5.16. The fourth-order valence-corrected chi connectivity index (χ4v) is 1.82. The summed E-state index contributed by atoms with van der Waals surface area (Å²) in [4.78, 5) is 11.2. The molecule has 2 atom stereocenters. The topological polar surface area (TPSA) is 17.1 Å². The van der Waals surface area contributed by atoms with Gasteiger partial charge in [-0.1, -0.05) is 32.4 Å². The lowest BCUT2D eigenvalue weighted by Crippen LogP contribution is -2.01. The van der Waals surface area contributed by atoms with Crippen LogP contribution in [0.3, 0.4) is 0 Å². The summed E-state index contributed by atoms with van der Waals surface area (Å²) in [7, 11) is 0. The van der Waals surface area contributed by atoms with Crippen LogP contribution in [-0.4, -0.2) is 5.78 Å². The van der Waals surface area contributed by atoms with Gasteiger partial charge in [-0.3, -0.25) is 4.79 Å². The summed E-state index contributed by atoms with van der Waals surface area (Å²) in [5.74, 6) is 1.11. The average molecular weight is 152 g/mol. The van der Waals surface area contributed by atoms with E-state index in [2.05, 4.69) is 19.9 Å². The fraction of sp³-hybridized carbons (Fsp3) is 0.700. The number of carbonyl (C=O) groups is 1. The number of Topliss-reactive ketones (excluding diaryl/α,β-unsaturated/α-hetero) is 1. The molecule has 0 amide bonds. The smallest absolute Gasteiger partial charge is 0.140 e. The lowest BCUT2D eigenvalue weighted by Gasteiger charge is -2.06. The monoisotopic (exact) mass is 152 g/mol. The van der Waals surface area contributed by atoms with Crippen molar-refractivity contribution < 1.29 is 4.79 Å². The van der Waals surface area contributed by atoms with Gasteiger partial charge >= 0.3 is 0 Å². The summed E-state index contributed by atoms with van der Waals surface area (Å²) in [5, 5.41) is 0. The number of carbonyl (C=O) groups excluding carboxylic acids is 1. The largest absolute Gasteiger partial charge is 0.299 e. The Labute approximate surface area is 68.5 Å². The van der Waals surface area contributed by atoms with E-state index in [9.17, 15) is 4.79 Å². The normalized spacial score (nSPS) is 35.2. The highest BCUT2D eigenvalue weighted by atomic mass is 16.1. The highest BCUT2D eigenvalue weighted by Crippen LogP contribution is 2.33. The Bertz CT molecular complexity index is 191. The van der Waals surface area contributed by atoms with Crippen LogP contribution < -0.4 is 0 Å². The van der Waals surface area contributed by atoms with Crippen LogP contribution in [0.15, 0.2) is 11.6 Å². The molecule has 0 saturated heterocycles. The first-order valence-corrected chi connectivity index (χ1v) is 4.39. The summed E-state index contributed by atoms with van der Waals surface area (Å²) in [6.45, 7) is 6.28. The maximum atomic E-state index is 11.2. The number of hydrogen-bond donors (Lipinski definition) is 0. The van der Waals surface area contributed by atoms with Crippen LogP contribution in [0, 0.1) is 11.8 Å². The van der Waals surface area contributed by atoms with Crippen molar-refractivity contribution >= 4 is 5.78 Å². The lowest BCUT2D eigenvalue weighted by molar-refractivity contribution is -0.119. The maximum Gasteiger partial charge on any atom is 0.140 e. The van der Waals surface area contributed by atoms with Crippen molar-refractivity contribution in [3.05, 3.63) is 11.6 Å². The second-order valence-corrected chi connectivity index (χ2v) is 3.41. The zero-order chi connectivity index (χ0) is 8.43. The van der Waals surface area contributed by atoms with Gasteiger partial charge in [-0.15, -0.1) is 0 Å². The van der Waals surface area contributed by atoms with Gasteiger partial charge in [0, 0.05) is 12.3 Å². The Morgan fingerprint density at radius 3 is 2.55 bits per heavy atom. The summed E-state index contributed by atoms with van der Waals surface area (Å²) in [6.07, 6.45) is 4.02. The number of allylic oxidation sites excluding steroid dienone is 2. The molecular weight excluding hydrogens is 136 g/mol. The maximum absolute atomic E-state index is 11.2. The summed E-state index contributed by atoms with van der Waals surface area (Å²) in [5.41, 5.74) is 1.36. The molecule has 0 aromatic rings. The molecule has 0 spiro atoms.